The number of aryl methyl sites for hydroxylation is 1. The average Bonchev–Trinajstić information content (AvgIpc) is 2.80. The van der Waals surface area contributed by atoms with Crippen molar-refractivity contribution in [3.05, 3.63) is 51.9 Å². The quantitative estimate of drug-likeness (QED) is 0.839. The lowest BCUT2D eigenvalue weighted by molar-refractivity contribution is 0.0661. The normalized spacial score (nSPS) is 11.5. The molecule has 0 aliphatic heterocycles. The molecule has 2 rings (SSSR count). The van der Waals surface area contributed by atoms with E-state index in [1.165, 1.54) is 6.92 Å². The number of halogens is 1. The second-order valence-corrected chi connectivity index (χ2v) is 6.94. The Kier molecular flexibility index (Phi) is 4.50. The highest BCUT2D eigenvalue weighted by Crippen LogP contribution is 2.20. The van der Waals surface area contributed by atoms with Gasteiger partial charge < -0.3 is 9.52 Å². The van der Waals surface area contributed by atoms with Gasteiger partial charge in [0.2, 0.25) is 15.8 Å². The zero-order chi connectivity index (χ0) is 15.6. The first-order valence-electron chi connectivity index (χ1n) is 5.87. The maximum Gasteiger partial charge on any atom is 0.371 e. The van der Waals surface area contributed by atoms with Gasteiger partial charge in [0.1, 0.15) is 10.7 Å². The van der Waals surface area contributed by atoms with Crippen LogP contribution < -0.4 is 4.72 Å². The fourth-order valence-electron chi connectivity index (χ4n) is 1.74. The van der Waals surface area contributed by atoms with Gasteiger partial charge in [-0.25, -0.2) is 17.9 Å². The number of aromatic carboxylic acids is 1. The Hall–Kier alpha value is -1.64. The monoisotopic (exact) mass is 373 g/mol. The van der Waals surface area contributed by atoms with Gasteiger partial charge in [-0.1, -0.05) is 28.1 Å². The van der Waals surface area contributed by atoms with Crippen LogP contribution in [-0.4, -0.2) is 19.5 Å². The standard InChI is InChI=1S/C13H12BrNO5S/c1-8-12(6-11(20-8)13(16)17)21(18,19)15-7-9-3-2-4-10(14)5-9/h2-6,15H,7H2,1H3,(H,16,17). The molecule has 0 aliphatic rings. The van der Waals surface area contributed by atoms with Gasteiger partial charge in [0.15, 0.2) is 0 Å². The predicted molar refractivity (Wildman–Crippen MR) is 78.6 cm³/mol. The largest absolute Gasteiger partial charge is 0.475 e. The van der Waals surface area contributed by atoms with Crippen LogP contribution in [0.15, 0.2) is 44.1 Å². The maximum atomic E-state index is 12.2. The van der Waals surface area contributed by atoms with E-state index in [0.29, 0.717) is 0 Å². The zero-order valence-corrected chi connectivity index (χ0v) is 13.4. The first-order chi connectivity index (χ1) is 9.79. The van der Waals surface area contributed by atoms with E-state index >= 15 is 0 Å². The highest BCUT2D eigenvalue weighted by atomic mass is 79.9. The molecule has 0 radical (unpaired) electrons. The van der Waals surface area contributed by atoms with E-state index in [-0.39, 0.29) is 17.2 Å². The van der Waals surface area contributed by atoms with Gasteiger partial charge in [0, 0.05) is 17.1 Å². The number of hydrogen-bond acceptors (Lipinski definition) is 4. The minimum Gasteiger partial charge on any atom is -0.475 e. The minimum atomic E-state index is -3.84. The Labute approximate surface area is 130 Å². The fourth-order valence-corrected chi connectivity index (χ4v) is 3.38. The molecule has 0 spiro atoms. The third-order valence-electron chi connectivity index (χ3n) is 2.73. The van der Waals surface area contributed by atoms with Gasteiger partial charge in [-0.15, -0.1) is 0 Å². The molecule has 2 aromatic rings. The molecule has 1 aromatic heterocycles. The van der Waals surface area contributed by atoms with Crippen molar-refractivity contribution in [3.8, 4) is 0 Å². The van der Waals surface area contributed by atoms with E-state index in [0.717, 1.165) is 16.1 Å². The number of nitrogens with one attached hydrogen (secondary N) is 1. The summed E-state index contributed by atoms with van der Waals surface area (Å²) in [4.78, 5) is 10.6. The Morgan fingerprint density at radius 2 is 2.10 bits per heavy atom. The van der Waals surface area contributed by atoms with Crippen LogP contribution in [0.2, 0.25) is 0 Å². The van der Waals surface area contributed by atoms with Crippen molar-refractivity contribution >= 4 is 31.9 Å². The number of carbonyl (C=O) groups is 1. The summed E-state index contributed by atoms with van der Waals surface area (Å²) in [6, 6.07) is 8.18. The van der Waals surface area contributed by atoms with Gasteiger partial charge in [-0.05, 0) is 24.6 Å². The Bertz CT molecular complexity index is 782. The average molecular weight is 374 g/mol. The zero-order valence-electron chi connectivity index (χ0n) is 11.0. The maximum absolute atomic E-state index is 12.2. The van der Waals surface area contributed by atoms with Crippen LogP contribution in [0.5, 0.6) is 0 Å². The van der Waals surface area contributed by atoms with Crippen molar-refractivity contribution in [1.82, 2.24) is 4.72 Å². The molecule has 6 nitrogen and oxygen atoms in total. The number of benzene rings is 1. The van der Waals surface area contributed by atoms with Crippen molar-refractivity contribution in [3.63, 3.8) is 0 Å². The molecule has 1 heterocycles. The third kappa shape index (κ3) is 3.72. The summed E-state index contributed by atoms with van der Waals surface area (Å²) >= 11 is 3.30. The molecule has 0 bridgehead atoms. The molecule has 21 heavy (non-hydrogen) atoms. The van der Waals surface area contributed by atoms with Crippen LogP contribution in [0.1, 0.15) is 21.9 Å². The van der Waals surface area contributed by atoms with Gasteiger partial charge in [0.25, 0.3) is 0 Å². The van der Waals surface area contributed by atoms with Crippen molar-refractivity contribution in [2.24, 2.45) is 0 Å². The summed E-state index contributed by atoms with van der Waals surface area (Å²) in [7, 11) is -3.84. The minimum absolute atomic E-state index is 0.0362. The summed E-state index contributed by atoms with van der Waals surface area (Å²) in [5, 5.41) is 8.81. The number of rotatable bonds is 5. The topological polar surface area (TPSA) is 96.6 Å². The Balaban J connectivity index is 2.21. The van der Waals surface area contributed by atoms with Gasteiger partial charge in [-0.3, -0.25) is 0 Å². The van der Waals surface area contributed by atoms with Crippen LogP contribution in [-0.2, 0) is 16.6 Å². The highest BCUT2D eigenvalue weighted by Gasteiger charge is 2.23. The Morgan fingerprint density at radius 3 is 2.67 bits per heavy atom. The predicted octanol–water partition coefficient (Wildman–Crippen LogP) is 2.53. The molecule has 0 unspecified atom stereocenters. The van der Waals surface area contributed by atoms with Gasteiger partial charge >= 0.3 is 5.97 Å². The highest BCUT2D eigenvalue weighted by molar-refractivity contribution is 9.10. The van der Waals surface area contributed by atoms with Crippen LogP contribution in [0.25, 0.3) is 0 Å². The molecule has 0 saturated carbocycles. The van der Waals surface area contributed by atoms with E-state index in [4.69, 9.17) is 9.52 Å². The number of carboxylic acid groups (broad SMARTS) is 1. The second kappa shape index (κ2) is 6.00. The molecule has 112 valence electrons. The van der Waals surface area contributed by atoms with Gasteiger partial charge in [0.05, 0.1) is 0 Å². The van der Waals surface area contributed by atoms with Crippen molar-refractivity contribution in [2.45, 2.75) is 18.4 Å². The molecule has 8 heteroatoms. The molecular formula is C13H12BrNO5S. The van der Waals surface area contributed by atoms with E-state index in [1.54, 1.807) is 18.2 Å². The number of furan rings is 1. The number of carboxylic acids is 1. The first kappa shape index (κ1) is 15.7. The van der Waals surface area contributed by atoms with Gasteiger partial charge in [-0.2, -0.15) is 0 Å². The fraction of sp³-hybridized carbons (Fsp3) is 0.154. The molecule has 0 amide bonds. The first-order valence-corrected chi connectivity index (χ1v) is 8.15. The summed E-state index contributed by atoms with van der Waals surface area (Å²) in [5.41, 5.74) is 0.771. The summed E-state index contributed by atoms with van der Waals surface area (Å²) in [5.74, 6) is -1.68. The molecule has 2 N–H and O–H groups in total. The molecular weight excluding hydrogens is 362 g/mol. The van der Waals surface area contributed by atoms with Crippen LogP contribution in [0.3, 0.4) is 0 Å². The molecule has 0 saturated heterocycles. The smallest absolute Gasteiger partial charge is 0.371 e. The molecule has 0 aliphatic carbocycles. The second-order valence-electron chi connectivity index (χ2n) is 4.29. The van der Waals surface area contributed by atoms with Crippen molar-refractivity contribution in [2.75, 3.05) is 0 Å². The summed E-state index contributed by atoms with van der Waals surface area (Å²) in [6.45, 7) is 1.49. The molecule has 0 fully saturated rings. The van der Waals surface area contributed by atoms with Crippen LogP contribution in [0.4, 0.5) is 0 Å². The van der Waals surface area contributed by atoms with Crippen molar-refractivity contribution in [1.29, 1.82) is 0 Å². The van der Waals surface area contributed by atoms with E-state index in [2.05, 4.69) is 20.7 Å². The number of hydrogen-bond donors (Lipinski definition) is 2. The van der Waals surface area contributed by atoms with E-state index < -0.39 is 21.8 Å². The summed E-state index contributed by atoms with van der Waals surface area (Å²) < 4.78 is 32.5. The van der Waals surface area contributed by atoms with Crippen LogP contribution in [0, 0.1) is 6.92 Å². The lowest BCUT2D eigenvalue weighted by atomic mass is 10.2. The van der Waals surface area contributed by atoms with Crippen LogP contribution >= 0.6 is 15.9 Å². The Morgan fingerprint density at radius 1 is 1.38 bits per heavy atom. The molecule has 0 atom stereocenters. The van der Waals surface area contributed by atoms with E-state index in [9.17, 15) is 13.2 Å². The van der Waals surface area contributed by atoms with E-state index in [1.807, 2.05) is 6.07 Å². The number of sulfonamides is 1. The lowest BCUT2D eigenvalue weighted by Gasteiger charge is -2.06. The lowest BCUT2D eigenvalue weighted by Crippen LogP contribution is -2.23. The van der Waals surface area contributed by atoms with Crippen molar-refractivity contribution < 1.29 is 22.7 Å². The summed E-state index contributed by atoms with van der Waals surface area (Å²) in [6.07, 6.45) is 0. The third-order valence-corrected chi connectivity index (χ3v) is 4.73. The SMILES string of the molecule is Cc1oc(C(=O)O)cc1S(=O)(=O)NCc1cccc(Br)c1. The molecule has 1 aromatic carbocycles.